The van der Waals surface area contributed by atoms with Crippen LogP contribution in [0.4, 0.5) is 5.13 Å². The standard InChI is InChI=1S/C13H22N4O2S/c1-9(2)12-15-16-13(20-12)14-11(19)7-17-6-4-3-5-10(17)8-18/h9-10,18H,3-8H2,1-2H3,(H,14,16,19)/t10-/m1/s1. The van der Waals surface area contributed by atoms with Gasteiger partial charge in [-0.2, -0.15) is 0 Å². The molecule has 0 bridgehead atoms. The average Bonchev–Trinajstić information content (AvgIpc) is 2.88. The molecule has 1 aromatic heterocycles. The second-order valence-corrected chi connectivity index (χ2v) is 6.46. The van der Waals surface area contributed by atoms with Crippen molar-refractivity contribution in [1.82, 2.24) is 15.1 Å². The number of hydrogen-bond acceptors (Lipinski definition) is 6. The van der Waals surface area contributed by atoms with Crippen molar-refractivity contribution in [2.45, 2.75) is 45.1 Å². The first-order valence-electron chi connectivity index (χ1n) is 7.08. The number of piperidine rings is 1. The normalized spacial score (nSPS) is 20.3. The van der Waals surface area contributed by atoms with Gasteiger partial charge in [-0.05, 0) is 19.4 Å². The molecule has 0 saturated carbocycles. The molecular formula is C13H22N4O2S. The summed E-state index contributed by atoms with van der Waals surface area (Å²) < 4.78 is 0. The van der Waals surface area contributed by atoms with Crippen LogP contribution < -0.4 is 5.32 Å². The molecule has 1 saturated heterocycles. The van der Waals surface area contributed by atoms with Gasteiger partial charge in [-0.15, -0.1) is 10.2 Å². The number of anilines is 1. The molecule has 7 heteroatoms. The highest BCUT2D eigenvalue weighted by Crippen LogP contribution is 2.22. The zero-order chi connectivity index (χ0) is 14.5. The minimum Gasteiger partial charge on any atom is -0.395 e. The maximum absolute atomic E-state index is 12.0. The summed E-state index contributed by atoms with van der Waals surface area (Å²) in [4.78, 5) is 14.1. The minimum atomic E-state index is -0.0863. The Morgan fingerprint density at radius 1 is 1.50 bits per heavy atom. The summed E-state index contributed by atoms with van der Waals surface area (Å²) in [5.74, 6) is 0.232. The summed E-state index contributed by atoms with van der Waals surface area (Å²) in [6.07, 6.45) is 3.16. The van der Waals surface area contributed by atoms with Crippen LogP contribution >= 0.6 is 11.3 Å². The van der Waals surface area contributed by atoms with E-state index >= 15 is 0 Å². The first kappa shape index (κ1) is 15.3. The smallest absolute Gasteiger partial charge is 0.240 e. The summed E-state index contributed by atoms with van der Waals surface area (Å²) in [6, 6.07) is 0.107. The summed E-state index contributed by atoms with van der Waals surface area (Å²) in [5.41, 5.74) is 0. The summed E-state index contributed by atoms with van der Waals surface area (Å²) in [7, 11) is 0. The number of carbonyl (C=O) groups excluding carboxylic acids is 1. The maximum atomic E-state index is 12.0. The molecule has 0 spiro atoms. The predicted molar refractivity (Wildman–Crippen MR) is 78.9 cm³/mol. The van der Waals surface area contributed by atoms with Crippen molar-refractivity contribution in [3.63, 3.8) is 0 Å². The Morgan fingerprint density at radius 3 is 2.95 bits per heavy atom. The van der Waals surface area contributed by atoms with Crippen molar-refractivity contribution in [3.8, 4) is 0 Å². The summed E-state index contributed by atoms with van der Waals surface area (Å²) in [6.45, 7) is 5.38. The Hall–Kier alpha value is -1.05. The van der Waals surface area contributed by atoms with E-state index in [1.165, 1.54) is 11.3 Å². The molecular weight excluding hydrogens is 276 g/mol. The molecule has 0 aromatic carbocycles. The maximum Gasteiger partial charge on any atom is 0.240 e. The van der Waals surface area contributed by atoms with Gasteiger partial charge in [-0.3, -0.25) is 15.0 Å². The number of amides is 1. The van der Waals surface area contributed by atoms with Gasteiger partial charge in [0.25, 0.3) is 0 Å². The monoisotopic (exact) mass is 298 g/mol. The molecule has 112 valence electrons. The third-order valence-corrected chi connectivity index (χ3v) is 4.63. The van der Waals surface area contributed by atoms with Gasteiger partial charge in [-0.1, -0.05) is 31.6 Å². The lowest BCUT2D eigenvalue weighted by molar-refractivity contribution is -0.118. The second-order valence-electron chi connectivity index (χ2n) is 5.45. The van der Waals surface area contributed by atoms with E-state index < -0.39 is 0 Å². The number of nitrogens with zero attached hydrogens (tertiary/aromatic N) is 3. The van der Waals surface area contributed by atoms with Crippen LogP contribution in [0.25, 0.3) is 0 Å². The summed E-state index contributed by atoms with van der Waals surface area (Å²) >= 11 is 1.42. The quantitative estimate of drug-likeness (QED) is 0.860. The lowest BCUT2D eigenvalue weighted by Crippen LogP contribution is -2.45. The molecule has 0 aliphatic carbocycles. The number of aliphatic hydroxyl groups is 1. The van der Waals surface area contributed by atoms with Crippen molar-refractivity contribution in [3.05, 3.63) is 5.01 Å². The molecule has 0 unspecified atom stereocenters. The first-order chi connectivity index (χ1) is 9.60. The molecule has 1 atom stereocenters. The van der Waals surface area contributed by atoms with Crippen LogP contribution in [-0.2, 0) is 4.79 Å². The van der Waals surface area contributed by atoms with Crippen molar-refractivity contribution in [2.75, 3.05) is 25.0 Å². The molecule has 2 heterocycles. The molecule has 6 nitrogen and oxygen atoms in total. The Bertz CT molecular complexity index is 449. The Kier molecular flexibility index (Phi) is 5.45. The van der Waals surface area contributed by atoms with Gasteiger partial charge in [0.05, 0.1) is 13.2 Å². The van der Waals surface area contributed by atoms with Crippen LogP contribution in [0.1, 0.15) is 44.0 Å². The molecule has 0 radical (unpaired) electrons. The van der Waals surface area contributed by atoms with Crippen molar-refractivity contribution in [2.24, 2.45) is 0 Å². The number of hydrogen-bond donors (Lipinski definition) is 2. The van der Waals surface area contributed by atoms with Gasteiger partial charge in [0.2, 0.25) is 11.0 Å². The SMILES string of the molecule is CC(C)c1nnc(NC(=O)CN2CCCC[C@@H]2CO)s1. The van der Waals surface area contributed by atoms with Crippen LogP contribution in [-0.4, -0.2) is 51.8 Å². The van der Waals surface area contributed by atoms with Gasteiger partial charge >= 0.3 is 0 Å². The molecule has 1 amide bonds. The van der Waals surface area contributed by atoms with Crippen molar-refractivity contribution in [1.29, 1.82) is 0 Å². The van der Waals surface area contributed by atoms with Crippen LogP contribution in [0.2, 0.25) is 0 Å². The van der Waals surface area contributed by atoms with E-state index in [-0.39, 0.29) is 18.6 Å². The third kappa shape index (κ3) is 3.97. The highest BCUT2D eigenvalue weighted by atomic mass is 32.1. The van der Waals surface area contributed by atoms with Crippen LogP contribution in [0, 0.1) is 0 Å². The zero-order valence-corrected chi connectivity index (χ0v) is 12.8. The minimum absolute atomic E-state index is 0.0863. The Balaban J connectivity index is 1.87. The number of aliphatic hydroxyl groups excluding tert-OH is 1. The number of nitrogens with one attached hydrogen (secondary N) is 1. The van der Waals surface area contributed by atoms with E-state index in [2.05, 4.69) is 15.5 Å². The molecule has 1 fully saturated rings. The second kappa shape index (κ2) is 7.10. The molecule has 2 N–H and O–H groups in total. The van der Waals surface area contributed by atoms with E-state index in [4.69, 9.17) is 0 Å². The fourth-order valence-corrected chi connectivity index (χ4v) is 3.10. The van der Waals surface area contributed by atoms with Crippen LogP contribution in [0.3, 0.4) is 0 Å². The summed E-state index contributed by atoms with van der Waals surface area (Å²) in [5, 5.41) is 21.6. The van der Waals surface area contributed by atoms with Gasteiger partial charge in [0, 0.05) is 12.0 Å². The van der Waals surface area contributed by atoms with Crippen molar-refractivity contribution >= 4 is 22.4 Å². The van der Waals surface area contributed by atoms with Crippen LogP contribution in [0.5, 0.6) is 0 Å². The largest absolute Gasteiger partial charge is 0.395 e. The van der Waals surface area contributed by atoms with Gasteiger partial charge in [-0.25, -0.2) is 0 Å². The molecule has 1 aliphatic heterocycles. The molecule has 1 aliphatic rings. The lowest BCUT2D eigenvalue weighted by Gasteiger charge is -2.33. The van der Waals surface area contributed by atoms with E-state index in [0.29, 0.717) is 17.6 Å². The Morgan fingerprint density at radius 2 is 2.30 bits per heavy atom. The fourth-order valence-electron chi connectivity index (χ4n) is 2.34. The topological polar surface area (TPSA) is 78.4 Å². The van der Waals surface area contributed by atoms with E-state index in [1.54, 1.807) is 0 Å². The highest BCUT2D eigenvalue weighted by Gasteiger charge is 2.23. The highest BCUT2D eigenvalue weighted by molar-refractivity contribution is 7.15. The lowest BCUT2D eigenvalue weighted by atomic mass is 10.0. The third-order valence-electron chi connectivity index (χ3n) is 3.49. The molecule has 2 rings (SSSR count). The number of rotatable bonds is 5. The van der Waals surface area contributed by atoms with E-state index in [0.717, 1.165) is 30.8 Å². The van der Waals surface area contributed by atoms with Crippen LogP contribution in [0.15, 0.2) is 0 Å². The van der Waals surface area contributed by atoms with E-state index in [9.17, 15) is 9.90 Å². The van der Waals surface area contributed by atoms with Gasteiger partial charge in [0.15, 0.2) is 0 Å². The number of likely N-dealkylation sites (tertiary alicyclic amines) is 1. The number of aromatic nitrogens is 2. The Labute approximate surface area is 123 Å². The zero-order valence-electron chi connectivity index (χ0n) is 12.0. The van der Waals surface area contributed by atoms with E-state index in [1.807, 2.05) is 18.7 Å². The first-order valence-corrected chi connectivity index (χ1v) is 7.90. The molecule has 1 aromatic rings. The predicted octanol–water partition coefficient (Wildman–Crippen LogP) is 1.45. The number of carbonyl (C=O) groups is 1. The fraction of sp³-hybridized carbons (Fsp3) is 0.769. The van der Waals surface area contributed by atoms with Crippen molar-refractivity contribution < 1.29 is 9.90 Å². The molecule has 20 heavy (non-hydrogen) atoms. The average molecular weight is 298 g/mol. The van der Waals surface area contributed by atoms with Gasteiger partial charge < -0.3 is 5.11 Å². The van der Waals surface area contributed by atoms with Gasteiger partial charge in [0.1, 0.15) is 5.01 Å².